The van der Waals surface area contributed by atoms with Crippen molar-refractivity contribution in [3.8, 4) is 11.4 Å². The van der Waals surface area contributed by atoms with Gasteiger partial charge < -0.3 is 0 Å². The van der Waals surface area contributed by atoms with Crippen molar-refractivity contribution in [3.05, 3.63) is 88.4 Å². The molecule has 126 valence electrons. The molecule has 0 aliphatic rings. The predicted octanol–water partition coefficient (Wildman–Crippen LogP) is 4.88. The summed E-state index contributed by atoms with van der Waals surface area (Å²) in [5.41, 5.74) is 4.21. The van der Waals surface area contributed by atoms with Gasteiger partial charge in [0.1, 0.15) is 5.52 Å². The highest BCUT2D eigenvalue weighted by Gasteiger charge is 2.17. The van der Waals surface area contributed by atoms with E-state index >= 15 is 0 Å². The summed E-state index contributed by atoms with van der Waals surface area (Å²) in [5.74, 6) is 0.332. The van der Waals surface area contributed by atoms with E-state index in [1.807, 2.05) is 49.4 Å². The molecule has 0 saturated carbocycles. The summed E-state index contributed by atoms with van der Waals surface area (Å²) >= 11 is 5.93. The molecule has 0 spiro atoms. The summed E-state index contributed by atoms with van der Waals surface area (Å²) in [6.07, 6.45) is 0. The Morgan fingerprint density at radius 2 is 1.62 bits per heavy atom. The molecule has 3 aromatic carbocycles. The number of halogens is 1. The van der Waals surface area contributed by atoms with Gasteiger partial charge in [0.25, 0.3) is 0 Å². The van der Waals surface area contributed by atoms with Crippen molar-refractivity contribution in [1.82, 2.24) is 15.2 Å². The molecule has 0 radical (unpaired) electrons. The molecular formula is C21H14ClN3O. The number of hydrogen-bond acceptors (Lipinski definition) is 4. The number of carbonyl (C=O) groups is 1. The van der Waals surface area contributed by atoms with Gasteiger partial charge >= 0.3 is 0 Å². The molecule has 0 unspecified atom stereocenters. The molecule has 0 fully saturated rings. The lowest BCUT2D eigenvalue weighted by Crippen LogP contribution is -2.06. The molecule has 0 N–H and O–H groups in total. The van der Waals surface area contributed by atoms with Gasteiger partial charge in [-0.3, -0.25) is 4.79 Å². The van der Waals surface area contributed by atoms with Crippen LogP contribution in [0.4, 0.5) is 0 Å². The topological polar surface area (TPSA) is 55.7 Å². The van der Waals surface area contributed by atoms with E-state index in [0.717, 1.165) is 11.1 Å². The standard InChI is InChI=1S/C21H14ClN3O/c1-13-6-11-16(21-23-18-4-2-3-5-19(18)24-25-21)17(12-13)20(26)14-7-9-15(22)10-8-14/h2-12H,1H3. The maximum Gasteiger partial charge on any atom is 0.193 e. The highest BCUT2D eigenvalue weighted by Crippen LogP contribution is 2.25. The monoisotopic (exact) mass is 359 g/mol. The van der Waals surface area contributed by atoms with Crippen molar-refractivity contribution in [2.45, 2.75) is 6.92 Å². The predicted molar refractivity (Wildman–Crippen MR) is 102 cm³/mol. The minimum atomic E-state index is -0.0999. The molecule has 0 atom stereocenters. The highest BCUT2D eigenvalue weighted by molar-refractivity contribution is 6.30. The van der Waals surface area contributed by atoms with Crippen LogP contribution in [-0.2, 0) is 0 Å². The van der Waals surface area contributed by atoms with E-state index in [4.69, 9.17) is 11.6 Å². The van der Waals surface area contributed by atoms with Crippen molar-refractivity contribution >= 4 is 28.4 Å². The van der Waals surface area contributed by atoms with Crippen LogP contribution in [0.3, 0.4) is 0 Å². The highest BCUT2D eigenvalue weighted by atomic mass is 35.5. The Kier molecular flexibility index (Phi) is 4.19. The smallest absolute Gasteiger partial charge is 0.193 e. The van der Waals surface area contributed by atoms with Crippen LogP contribution in [0.1, 0.15) is 21.5 Å². The van der Waals surface area contributed by atoms with E-state index in [0.29, 0.717) is 33.1 Å². The Hall–Kier alpha value is -3.11. The molecule has 4 rings (SSSR count). The third kappa shape index (κ3) is 3.07. The quantitative estimate of drug-likeness (QED) is 0.489. The molecule has 0 aliphatic heterocycles. The van der Waals surface area contributed by atoms with Gasteiger partial charge in [0, 0.05) is 21.7 Å². The zero-order valence-corrected chi connectivity index (χ0v) is 14.7. The van der Waals surface area contributed by atoms with E-state index in [2.05, 4.69) is 15.2 Å². The number of para-hydroxylation sites is 1. The van der Waals surface area contributed by atoms with Crippen molar-refractivity contribution < 1.29 is 4.79 Å². The minimum Gasteiger partial charge on any atom is -0.289 e. The van der Waals surface area contributed by atoms with E-state index in [1.54, 1.807) is 24.3 Å². The van der Waals surface area contributed by atoms with Crippen molar-refractivity contribution in [1.29, 1.82) is 0 Å². The lowest BCUT2D eigenvalue weighted by atomic mass is 9.96. The first-order valence-corrected chi connectivity index (χ1v) is 8.50. The van der Waals surface area contributed by atoms with Gasteiger partial charge in [-0.2, -0.15) is 0 Å². The Labute approximate surface area is 155 Å². The van der Waals surface area contributed by atoms with E-state index in [9.17, 15) is 4.79 Å². The number of carbonyl (C=O) groups excluding carboxylic acids is 1. The van der Waals surface area contributed by atoms with Crippen LogP contribution in [0, 0.1) is 6.92 Å². The average molecular weight is 360 g/mol. The SMILES string of the molecule is Cc1ccc(-c2nnc3ccccc3n2)c(C(=O)c2ccc(Cl)cc2)c1. The molecule has 0 saturated heterocycles. The summed E-state index contributed by atoms with van der Waals surface area (Å²) in [6, 6.07) is 20.0. The number of aromatic nitrogens is 3. The van der Waals surface area contributed by atoms with Gasteiger partial charge in [-0.25, -0.2) is 4.98 Å². The van der Waals surface area contributed by atoms with Crippen LogP contribution < -0.4 is 0 Å². The lowest BCUT2D eigenvalue weighted by molar-refractivity contribution is 0.103. The number of nitrogens with zero attached hydrogens (tertiary/aromatic N) is 3. The first kappa shape index (κ1) is 16.4. The summed E-state index contributed by atoms with van der Waals surface area (Å²) in [7, 11) is 0. The molecular weight excluding hydrogens is 346 g/mol. The maximum absolute atomic E-state index is 13.0. The molecule has 1 heterocycles. The fourth-order valence-electron chi connectivity index (χ4n) is 2.79. The lowest BCUT2D eigenvalue weighted by Gasteiger charge is -2.09. The van der Waals surface area contributed by atoms with Crippen LogP contribution in [0.2, 0.25) is 5.02 Å². The van der Waals surface area contributed by atoms with E-state index in [-0.39, 0.29) is 5.78 Å². The maximum atomic E-state index is 13.0. The normalized spacial score (nSPS) is 10.8. The molecule has 0 amide bonds. The molecule has 4 nitrogen and oxygen atoms in total. The fraction of sp³-hybridized carbons (Fsp3) is 0.0476. The first-order chi connectivity index (χ1) is 12.6. The van der Waals surface area contributed by atoms with Gasteiger partial charge in [0.15, 0.2) is 11.6 Å². The zero-order chi connectivity index (χ0) is 18.1. The largest absolute Gasteiger partial charge is 0.289 e. The molecule has 26 heavy (non-hydrogen) atoms. The van der Waals surface area contributed by atoms with Crippen LogP contribution in [-0.4, -0.2) is 21.0 Å². The van der Waals surface area contributed by atoms with Gasteiger partial charge in [-0.15, -0.1) is 10.2 Å². The van der Waals surface area contributed by atoms with Gasteiger partial charge in [0.05, 0.1) is 5.52 Å². The Morgan fingerprint density at radius 3 is 2.38 bits per heavy atom. The molecule has 0 aliphatic carbocycles. The third-order valence-corrected chi connectivity index (χ3v) is 4.38. The summed E-state index contributed by atoms with van der Waals surface area (Å²) in [4.78, 5) is 17.6. The number of ketones is 1. The van der Waals surface area contributed by atoms with Gasteiger partial charge in [-0.05, 0) is 49.4 Å². The van der Waals surface area contributed by atoms with Crippen LogP contribution in [0.15, 0.2) is 66.7 Å². The second-order valence-corrected chi connectivity index (χ2v) is 6.45. The van der Waals surface area contributed by atoms with Crippen LogP contribution in [0.25, 0.3) is 22.4 Å². The third-order valence-electron chi connectivity index (χ3n) is 4.13. The Morgan fingerprint density at radius 1 is 0.885 bits per heavy atom. The first-order valence-electron chi connectivity index (χ1n) is 8.12. The van der Waals surface area contributed by atoms with Crippen molar-refractivity contribution in [2.24, 2.45) is 0 Å². The van der Waals surface area contributed by atoms with Gasteiger partial charge in [-0.1, -0.05) is 41.4 Å². The zero-order valence-electron chi connectivity index (χ0n) is 14.0. The van der Waals surface area contributed by atoms with Crippen LogP contribution >= 0.6 is 11.6 Å². The summed E-state index contributed by atoms with van der Waals surface area (Å²) < 4.78 is 0. The minimum absolute atomic E-state index is 0.0999. The van der Waals surface area contributed by atoms with E-state index < -0.39 is 0 Å². The average Bonchev–Trinajstić information content (AvgIpc) is 2.67. The molecule has 4 aromatic rings. The Bertz CT molecular complexity index is 1120. The number of hydrogen-bond donors (Lipinski definition) is 0. The van der Waals surface area contributed by atoms with E-state index in [1.165, 1.54) is 0 Å². The molecule has 0 bridgehead atoms. The Balaban J connectivity index is 1.86. The fourth-order valence-corrected chi connectivity index (χ4v) is 2.92. The molecule has 1 aromatic heterocycles. The number of fused-ring (bicyclic) bond motifs is 1. The van der Waals surface area contributed by atoms with Crippen LogP contribution in [0.5, 0.6) is 0 Å². The molecule has 5 heteroatoms. The second-order valence-electron chi connectivity index (χ2n) is 6.01. The number of benzene rings is 3. The van der Waals surface area contributed by atoms with Crippen molar-refractivity contribution in [3.63, 3.8) is 0 Å². The number of rotatable bonds is 3. The summed E-state index contributed by atoms with van der Waals surface area (Å²) in [5, 5.41) is 9.04. The second kappa shape index (κ2) is 6.65. The summed E-state index contributed by atoms with van der Waals surface area (Å²) in [6.45, 7) is 1.95. The number of aryl methyl sites for hydroxylation is 1. The van der Waals surface area contributed by atoms with Gasteiger partial charge in [0.2, 0.25) is 0 Å². The van der Waals surface area contributed by atoms with Crippen molar-refractivity contribution in [2.75, 3.05) is 0 Å².